The lowest BCUT2D eigenvalue weighted by atomic mass is 10.0. The van der Waals surface area contributed by atoms with Gasteiger partial charge in [0.2, 0.25) is 0 Å². The number of carbonyl (C=O) groups is 1. The first-order valence-electron chi connectivity index (χ1n) is 12.2. The average molecular weight is 527 g/mol. The Morgan fingerprint density at radius 2 is 1.21 bits per heavy atom. The van der Waals surface area contributed by atoms with Crippen LogP contribution in [0.3, 0.4) is 0 Å². The van der Waals surface area contributed by atoms with Crippen LogP contribution in [0, 0.1) is 0 Å². The van der Waals surface area contributed by atoms with Gasteiger partial charge in [0, 0.05) is 14.2 Å². The number of benzene rings is 3. The summed E-state index contributed by atoms with van der Waals surface area (Å²) in [6.07, 6.45) is -2.25. The molecule has 0 heterocycles. The van der Waals surface area contributed by atoms with Crippen LogP contribution in [0.4, 0.5) is 0 Å². The average Bonchev–Trinajstić information content (AvgIpc) is 2.96. The Bertz CT molecular complexity index is 1040. The predicted octanol–water partition coefficient (Wildman–Crippen LogP) is 4.05. The summed E-state index contributed by atoms with van der Waals surface area (Å²) in [5.41, 5.74) is 1.84. The van der Waals surface area contributed by atoms with E-state index in [1.165, 1.54) is 6.07 Å². The van der Waals surface area contributed by atoms with Gasteiger partial charge in [0.25, 0.3) is 0 Å². The topological polar surface area (TPSA) is 102 Å². The molecule has 0 spiro atoms. The highest BCUT2D eigenvalue weighted by atomic mass is 16.7. The molecule has 0 amide bonds. The quantitative estimate of drug-likeness (QED) is 0.159. The molecule has 3 aromatic carbocycles. The second kappa shape index (κ2) is 16.4. The lowest BCUT2D eigenvalue weighted by molar-refractivity contribution is -0.158. The second-order valence-corrected chi connectivity index (χ2v) is 8.07. The SMILES string of the molecule is COCCOCOc1ccc([C@@H](O)C(=O)OC(c2ccccc2)c2ccccc2)cc1OCOCCOC. The molecule has 0 aliphatic heterocycles. The van der Waals surface area contributed by atoms with Crippen molar-refractivity contribution in [1.82, 2.24) is 0 Å². The number of ether oxygens (including phenoxy) is 7. The van der Waals surface area contributed by atoms with Gasteiger partial charge in [-0.25, -0.2) is 4.79 Å². The maximum Gasteiger partial charge on any atom is 0.340 e. The minimum Gasteiger partial charge on any atom is -0.464 e. The van der Waals surface area contributed by atoms with Crippen LogP contribution in [-0.2, 0) is 28.5 Å². The fourth-order valence-electron chi connectivity index (χ4n) is 3.44. The molecule has 0 aliphatic rings. The molecule has 0 fully saturated rings. The highest BCUT2D eigenvalue weighted by Crippen LogP contribution is 2.33. The summed E-state index contributed by atoms with van der Waals surface area (Å²) in [4.78, 5) is 13.1. The van der Waals surface area contributed by atoms with Crippen molar-refractivity contribution >= 4 is 5.97 Å². The number of rotatable bonds is 17. The summed E-state index contributed by atoms with van der Waals surface area (Å²) in [7, 11) is 3.15. The van der Waals surface area contributed by atoms with Gasteiger partial charge in [0.05, 0.1) is 26.4 Å². The van der Waals surface area contributed by atoms with E-state index >= 15 is 0 Å². The van der Waals surface area contributed by atoms with Crippen LogP contribution < -0.4 is 9.47 Å². The molecule has 1 atom stereocenters. The van der Waals surface area contributed by atoms with E-state index in [0.29, 0.717) is 32.2 Å². The first kappa shape index (κ1) is 29.1. The van der Waals surface area contributed by atoms with Gasteiger partial charge in [-0.3, -0.25) is 0 Å². The fraction of sp³-hybridized carbons (Fsp3) is 0.345. The lowest BCUT2D eigenvalue weighted by Crippen LogP contribution is -2.20. The van der Waals surface area contributed by atoms with Gasteiger partial charge in [0.15, 0.2) is 37.3 Å². The van der Waals surface area contributed by atoms with Crippen molar-refractivity contribution in [3.05, 3.63) is 95.6 Å². The summed E-state index contributed by atoms with van der Waals surface area (Å²) in [5.74, 6) is -0.181. The minimum absolute atomic E-state index is 0.0377. The Hall–Kier alpha value is -3.47. The minimum atomic E-state index is -1.56. The third-order valence-corrected chi connectivity index (χ3v) is 5.40. The zero-order valence-electron chi connectivity index (χ0n) is 21.6. The third kappa shape index (κ3) is 9.13. The fourth-order valence-corrected chi connectivity index (χ4v) is 3.44. The van der Waals surface area contributed by atoms with E-state index in [1.54, 1.807) is 26.4 Å². The van der Waals surface area contributed by atoms with Crippen LogP contribution in [0.2, 0.25) is 0 Å². The zero-order valence-corrected chi connectivity index (χ0v) is 21.6. The van der Waals surface area contributed by atoms with Crippen molar-refractivity contribution in [2.24, 2.45) is 0 Å². The maximum atomic E-state index is 13.1. The lowest BCUT2D eigenvalue weighted by Gasteiger charge is -2.21. The van der Waals surface area contributed by atoms with Gasteiger partial charge in [0.1, 0.15) is 0 Å². The third-order valence-electron chi connectivity index (χ3n) is 5.40. The first-order valence-corrected chi connectivity index (χ1v) is 12.2. The maximum absolute atomic E-state index is 13.1. The molecule has 0 aliphatic carbocycles. The number of carbonyl (C=O) groups excluding carboxylic acids is 1. The molecule has 9 heteroatoms. The molecule has 204 valence electrons. The van der Waals surface area contributed by atoms with E-state index in [2.05, 4.69) is 0 Å². The van der Waals surface area contributed by atoms with Crippen molar-refractivity contribution in [2.75, 3.05) is 54.2 Å². The van der Waals surface area contributed by atoms with Crippen LogP contribution in [0.25, 0.3) is 0 Å². The Labute approximate surface area is 222 Å². The summed E-state index contributed by atoms with van der Waals surface area (Å²) in [6.45, 7) is 1.42. The van der Waals surface area contributed by atoms with Crippen LogP contribution >= 0.6 is 0 Å². The van der Waals surface area contributed by atoms with E-state index < -0.39 is 18.2 Å². The zero-order chi connectivity index (χ0) is 27.0. The summed E-state index contributed by atoms with van der Waals surface area (Å²) < 4.78 is 37.8. The Morgan fingerprint density at radius 3 is 1.74 bits per heavy atom. The molecule has 9 nitrogen and oxygen atoms in total. The van der Waals surface area contributed by atoms with Gasteiger partial charge in [-0.1, -0.05) is 66.7 Å². The molecule has 0 saturated heterocycles. The summed E-state index contributed by atoms with van der Waals surface area (Å²) in [5, 5.41) is 10.9. The molecule has 0 saturated carbocycles. The largest absolute Gasteiger partial charge is 0.464 e. The number of esters is 1. The van der Waals surface area contributed by atoms with Gasteiger partial charge >= 0.3 is 5.97 Å². The summed E-state index contributed by atoms with van der Waals surface area (Å²) >= 11 is 0. The Balaban J connectivity index is 1.74. The highest BCUT2D eigenvalue weighted by molar-refractivity contribution is 5.77. The van der Waals surface area contributed by atoms with Crippen molar-refractivity contribution in [3.8, 4) is 11.5 Å². The first-order chi connectivity index (χ1) is 18.6. The smallest absolute Gasteiger partial charge is 0.340 e. The molecular weight excluding hydrogens is 492 g/mol. The van der Waals surface area contributed by atoms with Gasteiger partial charge in [-0.05, 0) is 28.8 Å². The highest BCUT2D eigenvalue weighted by Gasteiger charge is 2.26. The van der Waals surface area contributed by atoms with Gasteiger partial charge in [-0.15, -0.1) is 0 Å². The molecule has 0 radical (unpaired) electrons. The normalized spacial score (nSPS) is 11.8. The number of hydrogen-bond donors (Lipinski definition) is 1. The van der Waals surface area contributed by atoms with Crippen LogP contribution in [-0.4, -0.2) is 65.3 Å². The van der Waals surface area contributed by atoms with Gasteiger partial charge < -0.3 is 38.3 Å². The van der Waals surface area contributed by atoms with Crippen molar-refractivity contribution in [1.29, 1.82) is 0 Å². The monoisotopic (exact) mass is 526 g/mol. The molecule has 1 N–H and O–H groups in total. The molecule has 0 unspecified atom stereocenters. The van der Waals surface area contributed by atoms with E-state index in [4.69, 9.17) is 33.2 Å². The van der Waals surface area contributed by atoms with E-state index in [0.717, 1.165) is 11.1 Å². The Kier molecular flexibility index (Phi) is 12.5. The molecular formula is C29H34O9. The summed E-state index contributed by atoms with van der Waals surface area (Å²) in [6, 6.07) is 23.4. The van der Waals surface area contributed by atoms with E-state index in [-0.39, 0.29) is 24.9 Å². The molecule has 3 rings (SSSR count). The van der Waals surface area contributed by atoms with Crippen LogP contribution in [0.1, 0.15) is 28.9 Å². The van der Waals surface area contributed by atoms with E-state index in [1.807, 2.05) is 60.7 Å². The van der Waals surface area contributed by atoms with Crippen molar-refractivity contribution in [2.45, 2.75) is 12.2 Å². The van der Waals surface area contributed by atoms with Crippen molar-refractivity contribution < 1.29 is 43.1 Å². The second-order valence-electron chi connectivity index (χ2n) is 8.07. The van der Waals surface area contributed by atoms with Crippen molar-refractivity contribution in [3.63, 3.8) is 0 Å². The van der Waals surface area contributed by atoms with Crippen LogP contribution in [0.5, 0.6) is 11.5 Å². The molecule has 38 heavy (non-hydrogen) atoms. The van der Waals surface area contributed by atoms with E-state index in [9.17, 15) is 9.90 Å². The molecule has 3 aromatic rings. The molecule has 0 bridgehead atoms. The van der Waals surface area contributed by atoms with Crippen LogP contribution in [0.15, 0.2) is 78.9 Å². The Morgan fingerprint density at radius 1 is 0.684 bits per heavy atom. The standard InChI is InChI=1S/C29H34O9/c1-32-15-17-34-20-36-25-14-13-24(19-26(25)37-21-35-18-16-33-2)27(30)29(31)38-28(22-9-5-3-6-10-22)23-11-7-4-8-12-23/h3-14,19,27-28,30H,15-18,20-21H2,1-2H3/t27-/m1/s1. The number of methoxy groups -OCH3 is 2. The van der Waals surface area contributed by atoms with Gasteiger partial charge in [-0.2, -0.15) is 0 Å². The number of aliphatic hydroxyl groups excluding tert-OH is 1. The number of hydrogen-bond acceptors (Lipinski definition) is 9. The molecule has 0 aromatic heterocycles. The predicted molar refractivity (Wildman–Crippen MR) is 139 cm³/mol. The number of aliphatic hydroxyl groups is 1.